The molecule has 2 aromatic rings. The van der Waals surface area contributed by atoms with Gasteiger partial charge in [-0.15, -0.1) is 0 Å². The Morgan fingerprint density at radius 3 is 2.39 bits per heavy atom. The number of methoxy groups -OCH3 is 1. The number of aryl methyl sites for hydroxylation is 2. The standard InChI is InChI=1S/C22H21N3O2S/c1-13-5-10-18(11-14(13)2)25-15(3)19(21(26)27-4)20(24-22(25)28)17-8-6-16(12-23)7-9-17/h5-11,20H,1-4H3,(H,24,28)/t20-/m1/s1. The van der Waals surface area contributed by atoms with Crippen LogP contribution >= 0.6 is 12.2 Å². The van der Waals surface area contributed by atoms with Crippen molar-refractivity contribution >= 4 is 29.0 Å². The van der Waals surface area contributed by atoms with Crippen LogP contribution in [-0.2, 0) is 9.53 Å². The summed E-state index contributed by atoms with van der Waals surface area (Å²) < 4.78 is 5.06. The van der Waals surface area contributed by atoms with E-state index >= 15 is 0 Å². The van der Waals surface area contributed by atoms with Gasteiger partial charge in [-0.2, -0.15) is 5.26 Å². The molecule has 1 aliphatic rings. The maximum absolute atomic E-state index is 12.6. The van der Waals surface area contributed by atoms with Gasteiger partial charge < -0.3 is 10.1 Å². The summed E-state index contributed by atoms with van der Waals surface area (Å²) in [7, 11) is 1.37. The SMILES string of the molecule is COC(=O)C1=C(C)N(c2ccc(C)c(C)c2)C(=S)N[C@@H]1c1ccc(C#N)cc1. The van der Waals surface area contributed by atoms with Crippen LogP contribution in [0.2, 0.25) is 0 Å². The molecule has 1 heterocycles. The zero-order valence-corrected chi connectivity index (χ0v) is 17.1. The molecule has 0 spiro atoms. The van der Waals surface area contributed by atoms with E-state index in [1.807, 2.05) is 49.1 Å². The number of hydrogen-bond acceptors (Lipinski definition) is 4. The van der Waals surface area contributed by atoms with Crippen molar-refractivity contribution in [1.82, 2.24) is 5.32 Å². The normalized spacial score (nSPS) is 16.5. The molecule has 2 aromatic carbocycles. The number of carbonyl (C=O) groups excluding carboxylic acids is 1. The molecule has 0 aliphatic carbocycles. The molecule has 1 aliphatic heterocycles. The van der Waals surface area contributed by atoms with E-state index in [0.29, 0.717) is 21.9 Å². The zero-order chi connectivity index (χ0) is 20.4. The minimum absolute atomic E-state index is 0.421. The monoisotopic (exact) mass is 391 g/mol. The van der Waals surface area contributed by atoms with E-state index in [1.54, 1.807) is 12.1 Å². The number of anilines is 1. The molecule has 1 N–H and O–H groups in total. The van der Waals surface area contributed by atoms with Crippen LogP contribution in [0, 0.1) is 25.2 Å². The second-order valence-corrected chi connectivity index (χ2v) is 7.10. The number of rotatable bonds is 3. The number of benzene rings is 2. The lowest BCUT2D eigenvalue weighted by Crippen LogP contribution is -2.48. The molecule has 0 bridgehead atoms. The fourth-order valence-corrected chi connectivity index (χ4v) is 3.65. The van der Waals surface area contributed by atoms with Gasteiger partial charge >= 0.3 is 5.97 Å². The Kier molecular flexibility index (Phi) is 5.48. The summed E-state index contributed by atoms with van der Waals surface area (Å²) >= 11 is 5.64. The Morgan fingerprint density at radius 1 is 1.14 bits per heavy atom. The summed E-state index contributed by atoms with van der Waals surface area (Å²) in [5.74, 6) is -0.421. The first-order valence-electron chi connectivity index (χ1n) is 8.84. The third-order valence-corrected chi connectivity index (χ3v) is 5.31. The Morgan fingerprint density at radius 2 is 1.82 bits per heavy atom. The third kappa shape index (κ3) is 3.49. The first kappa shape index (κ1) is 19.6. The van der Waals surface area contributed by atoms with E-state index in [0.717, 1.165) is 16.8 Å². The molecule has 0 amide bonds. The number of carbonyl (C=O) groups is 1. The number of nitrogens with one attached hydrogen (secondary N) is 1. The van der Waals surface area contributed by atoms with Crippen LogP contribution in [-0.4, -0.2) is 18.2 Å². The molecule has 1 atom stereocenters. The smallest absolute Gasteiger partial charge is 0.337 e. The minimum Gasteiger partial charge on any atom is -0.466 e. The van der Waals surface area contributed by atoms with Gasteiger partial charge in [-0.25, -0.2) is 4.79 Å². The highest BCUT2D eigenvalue weighted by Crippen LogP contribution is 2.34. The number of allylic oxidation sites excluding steroid dienone is 1. The fourth-order valence-electron chi connectivity index (χ4n) is 3.29. The first-order chi connectivity index (χ1) is 13.4. The predicted octanol–water partition coefficient (Wildman–Crippen LogP) is 4.06. The van der Waals surface area contributed by atoms with Gasteiger partial charge in [0.25, 0.3) is 0 Å². The van der Waals surface area contributed by atoms with E-state index in [1.165, 1.54) is 12.7 Å². The topological polar surface area (TPSA) is 65.4 Å². The lowest BCUT2D eigenvalue weighted by molar-refractivity contribution is -0.136. The second-order valence-electron chi connectivity index (χ2n) is 6.71. The zero-order valence-electron chi connectivity index (χ0n) is 16.2. The van der Waals surface area contributed by atoms with Crippen molar-refractivity contribution in [1.29, 1.82) is 5.26 Å². The van der Waals surface area contributed by atoms with E-state index in [2.05, 4.69) is 18.3 Å². The highest BCUT2D eigenvalue weighted by atomic mass is 32.1. The highest BCUT2D eigenvalue weighted by Gasteiger charge is 2.35. The number of hydrogen-bond donors (Lipinski definition) is 1. The molecule has 0 unspecified atom stereocenters. The average Bonchev–Trinajstić information content (AvgIpc) is 2.69. The van der Waals surface area contributed by atoms with Gasteiger partial charge in [0.05, 0.1) is 30.4 Å². The van der Waals surface area contributed by atoms with Gasteiger partial charge in [0, 0.05) is 11.4 Å². The number of nitriles is 1. The lowest BCUT2D eigenvalue weighted by Gasteiger charge is -2.37. The van der Waals surface area contributed by atoms with Gasteiger partial charge in [0.2, 0.25) is 0 Å². The highest BCUT2D eigenvalue weighted by molar-refractivity contribution is 7.80. The predicted molar refractivity (Wildman–Crippen MR) is 113 cm³/mol. The Bertz CT molecular complexity index is 1020. The summed E-state index contributed by atoms with van der Waals surface area (Å²) in [6.45, 7) is 5.96. The van der Waals surface area contributed by atoms with Gasteiger partial charge in [-0.3, -0.25) is 4.90 Å². The van der Waals surface area contributed by atoms with Gasteiger partial charge in [-0.1, -0.05) is 18.2 Å². The van der Waals surface area contributed by atoms with Crippen molar-refractivity contribution in [3.8, 4) is 6.07 Å². The van der Waals surface area contributed by atoms with Crippen LogP contribution < -0.4 is 10.2 Å². The van der Waals surface area contributed by atoms with Crippen LogP contribution in [0.4, 0.5) is 5.69 Å². The van der Waals surface area contributed by atoms with Crippen LogP contribution in [0.1, 0.15) is 35.2 Å². The van der Waals surface area contributed by atoms with Crippen LogP contribution in [0.3, 0.4) is 0 Å². The van der Waals surface area contributed by atoms with Crippen molar-refractivity contribution in [2.24, 2.45) is 0 Å². The van der Waals surface area contributed by atoms with Crippen molar-refractivity contribution < 1.29 is 9.53 Å². The van der Waals surface area contributed by atoms with Crippen molar-refractivity contribution in [3.63, 3.8) is 0 Å². The number of esters is 1. The maximum Gasteiger partial charge on any atom is 0.337 e. The molecule has 0 radical (unpaired) electrons. The number of ether oxygens (including phenoxy) is 1. The van der Waals surface area contributed by atoms with Crippen LogP contribution in [0.15, 0.2) is 53.7 Å². The molecule has 6 heteroatoms. The molecule has 0 fully saturated rings. The molecule has 0 saturated heterocycles. The van der Waals surface area contributed by atoms with E-state index in [4.69, 9.17) is 22.2 Å². The summed E-state index contributed by atoms with van der Waals surface area (Å²) in [5, 5.41) is 12.8. The van der Waals surface area contributed by atoms with Gasteiger partial charge in [0.15, 0.2) is 5.11 Å². The number of nitrogens with zero attached hydrogens (tertiary/aromatic N) is 2. The number of thiocarbonyl (C=S) groups is 1. The van der Waals surface area contributed by atoms with E-state index in [9.17, 15) is 4.79 Å². The van der Waals surface area contributed by atoms with Gasteiger partial charge in [0.1, 0.15) is 0 Å². The molecule has 0 saturated carbocycles. The molecule has 28 heavy (non-hydrogen) atoms. The third-order valence-electron chi connectivity index (χ3n) is 5.01. The van der Waals surface area contributed by atoms with Crippen molar-refractivity contribution in [2.75, 3.05) is 12.0 Å². The maximum atomic E-state index is 12.6. The van der Waals surface area contributed by atoms with Crippen LogP contribution in [0.5, 0.6) is 0 Å². The van der Waals surface area contributed by atoms with E-state index in [-0.39, 0.29) is 0 Å². The quantitative estimate of drug-likeness (QED) is 0.629. The summed E-state index contributed by atoms with van der Waals surface area (Å²) in [5.41, 5.74) is 5.80. The minimum atomic E-state index is -0.449. The largest absolute Gasteiger partial charge is 0.466 e. The second kappa shape index (κ2) is 7.83. The molecule has 142 valence electrons. The molecule has 3 rings (SSSR count). The summed E-state index contributed by atoms with van der Waals surface area (Å²) in [6, 6.07) is 14.8. The average molecular weight is 391 g/mol. The van der Waals surface area contributed by atoms with E-state index < -0.39 is 12.0 Å². The van der Waals surface area contributed by atoms with Crippen molar-refractivity contribution in [2.45, 2.75) is 26.8 Å². The van der Waals surface area contributed by atoms with Crippen LogP contribution in [0.25, 0.3) is 0 Å². The Balaban J connectivity index is 2.13. The van der Waals surface area contributed by atoms with Crippen molar-refractivity contribution in [3.05, 3.63) is 76.0 Å². The first-order valence-corrected chi connectivity index (χ1v) is 9.25. The Labute approximate surface area is 170 Å². The molecular weight excluding hydrogens is 370 g/mol. The summed E-state index contributed by atoms with van der Waals surface area (Å²) in [4.78, 5) is 14.5. The molecular formula is C22H21N3O2S. The van der Waals surface area contributed by atoms with Gasteiger partial charge in [-0.05, 0) is 73.9 Å². The lowest BCUT2D eigenvalue weighted by atomic mass is 9.94. The summed E-state index contributed by atoms with van der Waals surface area (Å²) in [6.07, 6.45) is 0. The fraction of sp³-hybridized carbons (Fsp3) is 0.227. The Hall–Kier alpha value is -3.17. The molecule has 5 nitrogen and oxygen atoms in total. The molecule has 0 aromatic heterocycles.